The van der Waals surface area contributed by atoms with E-state index in [1.54, 1.807) is 0 Å². The molecule has 1 heteroatoms. The summed E-state index contributed by atoms with van der Waals surface area (Å²) in [5, 5.41) is 0. The summed E-state index contributed by atoms with van der Waals surface area (Å²) in [6.45, 7) is 7.98. The Hall–Kier alpha value is -1.35. The van der Waals surface area contributed by atoms with Crippen molar-refractivity contribution >= 4 is 22.6 Å². The normalized spacial score (nSPS) is 14.4. The molecule has 0 N–H and O–H groups in total. The van der Waals surface area contributed by atoms with Crippen LogP contribution < -0.4 is 0 Å². The second kappa shape index (κ2) is 5.21. The van der Waals surface area contributed by atoms with Gasteiger partial charge in [0.2, 0.25) is 0 Å². The van der Waals surface area contributed by atoms with Crippen molar-refractivity contribution in [2.45, 2.75) is 18.3 Å². The molecule has 3 rings (SSSR count). The molecule has 0 aliphatic heterocycles. The lowest BCUT2D eigenvalue weighted by Crippen LogP contribution is -2.24. The van der Waals surface area contributed by atoms with Crippen LogP contribution in [0.25, 0.3) is 11.1 Å². The number of hydrogen-bond donors (Lipinski definition) is 0. The van der Waals surface area contributed by atoms with Crippen molar-refractivity contribution in [2.24, 2.45) is 0 Å². The van der Waals surface area contributed by atoms with Crippen molar-refractivity contribution in [1.29, 1.82) is 0 Å². The minimum Gasteiger partial charge on any atom is -0.103 e. The summed E-state index contributed by atoms with van der Waals surface area (Å²) in [6.07, 6.45) is 5.98. The molecular formula is C19H17I. The number of halogens is 1. The number of rotatable bonds is 4. The fourth-order valence-corrected chi connectivity index (χ4v) is 4.52. The fraction of sp³-hybridized carbons (Fsp3) is 0.158. The zero-order chi connectivity index (χ0) is 14.2. The summed E-state index contributed by atoms with van der Waals surface area (Å²) in [5.41, 5.74) is 5.61. The third kappa shape index (κ3) is 1.80. The first-order chi connectivity index (χ1) is 9.74. The number of benzene rings is 2. The van der Waals surface area contributed by atoms with Crippen LogP contribution >= 0.6 is 22.6 Å². The highest BCUT2D eigenvalue weighted by Gasteiger charge is 2.42. The van der Waals surface area contributed by atoms with Gasteiger partial charge >= 0.3 is 0 Å². The van der Waals surface area contributed by atoms with E-state index in [4.69, 9.17) is 0 Å². The molecule has 0 fully saturated rings. The Balaban J connectivity index is 2.39. The van der Waals surface area contributed by atoms with Gasteiger partial charge < -0.3 is 0 Å². The van der Waals surface area contributed by atoms with Crippen LogP contribution in [-0.2, 0) is 5.41 Å². The highest BCUT2D eigenvalue weighted by molar-refractivity contribution is 14.1. The molecule has 2 aromatic rings. The van der Waals surface area contributed by atoms with Gasteiger partial charge in [0.25, 0.3) is 0 Å². The SMILES string of the molecule is C=CCC1(CC=C)c2ccccc2-c2cccc(I)c21. The topological polar surface area (TPSA) is 0 Å². The van der Waals surface area contributed by atoms with Crippen molar-refractivity contribution in [2.75, 3.05) is 0 Å². The summed E-state index contributed by atoms with van der Waals surface area (Å²) in [5.74, 6) is 0. The van der Waals surface area contributed by atoms with Gasteiger partial charge in [-0.3, -0.25) is 0 Å². The Morgan fingerprint density at radius 3 is 2.25 bits per heavy atom. The van der Waals surface area contributed by atoms with Gasteiger partial charge in [-0.05, 0) is 63.8 Å². The molecule has 0 nitrogen and oxygen atoms in total. The third-order valence-corrected chi connectivity index (χ3v) is 5.11. The highest BCUT2D eigenvalue weighted by atomic mass is 127. The lowest BCUT2D eigenvalue weighted by atomic mass is 9.73. The van der Waals surface area contributed by atoms with Crippen LogP contribution in [0.15, 0.2) is 67.8 Å². The van der Waals surface area contributed by atoms with E-state index in [0.29, 0.717) is 0 Å². The van der Waals surface area contributed by atoms with Crippen molar-refractivity contribution in [3.63, 3.8) is 0 Å². The predicted octanol–water partition coefficient (Wildman–Crippen LogP) is 5.71. The van der Waals surface area contributed by atoms with Crippen molar-refractivity contribution in [3.8, 4) is 11.1 Å². The molecule has 0 saturated carbocycles. The van der Waals surface area contributed by atoms with Gasteiger partial charge in [0, 0.05) is 8.99 Å². The van der Waals surface area contributed by atoms with Crippen LogP contribution in [-0.4, -0.2) is 0 Å². The molecule has 0 heterocycles. The molecule has 0 saturated heterocycles. The van der Waals surface area contributed by atoms with Gasteiger partial charge in [-0.2, -0.15) is 0 Å². The van der Waals surface area contributed by atoms with Crippen LogP contribution in [0.1, 0.15) is 24.0 Å². The minimum atomic E-state index is 0.00715. The van der Waals surface area contributed by atoms with E-state index < -0.39 is 0 Å². The van der Waals surface area contributed by atoms with E-state index in [1.807, 2.05) is 12.2 Å². The molecule has 1 aliphatic carbocycles. The average molecular weight is 372 g/mol. The van der Waals surface area contributed by atoms with Gasteiger partial charge in [0.15, 0.2) is 0 Å². The first-order valence-electron chi connectivity index (χ1n) is 6.85. The van der Waals surface area contributed by atoms with Crippen LogP contribution in [0.2, 0.25) is 0 Å². The van der Waals surface area contributed by atoms with Crippen molar-refractivity contribution in [3.05, 3.63) is 82.5 Å². The third-order valence-electron chi connectivity index (χ3n) is 4.21. The quantitative estimate of drug-likeness (QED) is 0.476. The maximum absolute atomic E-state index is 3.99. The van der Waals surface area contributed by atoms with Gasteiger partial charge in [0.1, 0.15) is 0 Å². The van der Waals surface area contributed by atoms with Crippen molar-refractivity contribution < 1.29 is 0 Å². The Kier molecular flexibility index (Phi) is 3.55. The summed E-state index contributed by atoms with van der Waals surface area (Å²) in [7, 11) is 0. The molecule has 0 atom stereocenters. The first kappa shape index (κ1) is 13.6. The van der Waals surface area contributed by atoms with Gasteiger partial charge in [0.05, 0.1) is 0 Å². The van der Waals surface area contributed by atoms with E-state index in [-0.39, 0.29) is 5.41 Å². The molecule has 100 valence electrons. The smallest absolute Gasteiger partial charge is 0.0294 e. The highest BCUT2D eigenvalue weighted by Crippen LogP contribution is 2.54. The molecule has 0 amide bonds. The van der Waals surface area contributed by atoms with E-state index in [1.165, 1.54) is 25.8 Å². The molecular weight excluding hydrogens is 355 g/mol. The summed E-state index contributed by atoms with van der Waals surface area (Å²) in [6, 6.07) is 15.3. The Morgan fingerprint density at radius 1 is 0.900 bits per heavy atom. The Morgan fingerprint density at radius 2 is 1.55 bits per heavy atom. The zero-order valence-corrected chi connectivity index (χ0v) is 13.6. The van der Waals surface area contributed by atoms with Crippen LogP contribution in [0, 0.1) is 3.57 Å². The molecule has 1 aliphatic rings. The molecule has 20 heavy (non-hydrogen) atoms. The molecule has 2 aromatic carbocycles. The molecule has 0 bridgehead atoms. The van der Waals surface area contributed by atoms with E-state index in [0.717, 1.165) is 12.8 Å². The fourth-order valence-electron chi connectivity index (χ4n) is 3.51. The number of fused-ring (bicyclic) bond motifs is 3. The Bertz CT molecular complexity index is 672. The zero-order valence-electron chi connectivity index (χ0n) is 11.4. The van der Waals surface area contributed by atoms with Crippen LogP contribution in [0.3, 0.4) is 0 Å². The summed E-state index contributed by atoms with van der Waals surface area (Å²) < 4.78 is 1.33. The lowest BCUT2D eigenvalue weighted by Gasteiger charge is -2.30. The average Bonchev–Trinajstić information content (AvgIpc) is 2.73. The lowest BCUT2D eigenvalue weighted by molar-refractivity contribution is 0.541. The summed E-state index contributed by atoms with van der Waals surface area (Å²) in [4.78, 5) is 0. The number of allylic oxidation sites excluding steroid dienone is 2. The van der Waals surface area contributed by atoms with Crippen LogP contribution in [0.5, 0.6) is 0 Å². The van der Waals surface area contributed by atoms with Crippen LogP contribution in [0.4, 0.5) is 0 Å². The summed E-state index contributed by atoms with van der Waals surface area (Å²) >= 11 is 2.46. The minimum absolute atomic E-state index is 0.00715. The maximum Gasteiger partial charge on any atom is 0.0294 e. The van der Waals surface area contributed by atoms with E-state index >= 15 is 0 Å². The van der Waals surface area contributed by atoms with Gasteiger partial charge in [-0.25, -0.2) is 0 Å². The standard InChI is InChI=1S/C19H17I/c1-3-12-19(13-4-2)16-10-6-5-8-14(16)15-9-7-11-17(20)18(15)19/h3-11H,1-2,12-13H2. The monoisotopic (exact) mass is 372 g/mol. The van der Waals surface area contributed by atoms with Gasteiger partial charge in [-0.15, -0.1) is 13.2 Å². The second-order valence-electron chi connectivity index (χ2n) is 5.28. The number of hydrogen-bond acceptors (Lipinski definition) is 0. The van der Waals surface area contributed by atoms with E-state index in [9.17, 15) is 0 Å². The second-order valence-corrected chi connectivity index (χ2v) is 6.44. The molecule has 0 aromatic heterocycles. The first-order valence-corrected chi connectivity index (χ1v) is 7.93. The van der Waals surface area contributed by atoms with Gasteiger partial charge in [-0.1, -0.05) is 48.6 Å². The van der Waals surface area contributed by atoms with Crippen molar-refractivity contribution in [1.82, 2.24) is 0 Å². The Labute approximate surface area is 134 Å². The molecule has 0 radical (unpaired) electrons. The molecule has 0 spiro atoms. The predicted molar refractivity (Wildman–Crippen MR) is 95.0 cm³/mol. The van der Waals surface area contributed by atoms with E-state index in [2.05, 4.69) is 78.2 Å². The maximum atomic E-state index is 3.99. The largest absolute Gasteiger partial charge is 0.103 e. The molecule has 0 unspecified atom stereocenters.